The van der Waals surface area contributed by atoms with Gasteiger partial charge in [-0.25, -0.2) is 0 Å². The van der Waals surface area contributed by atoms with Crippen molar-refractivity contribution in [3.63, 3.8) is 0 Å². The van der Waals surface area contributed by atoms with Gasteiger partial charge in [0.05, 0.1) is 0 Å². The smallest absolute Gasteiger partial charge is 0.195 e. The largest absolute Gasteiger partial charge is 0.380 e. The minimum atomic E-state index is -1.08. The van der Waals surface area contributed by atoms with Gasteiger partial charge >= 0.3 is 0 Å². The van der Waals surface area contributed by atoms with Gasteiger partial charge in [0.25, 0.3) is 0 Å². The summed E-state index contributed by atoms with van der Waals surface area (Å²) < 4.78 is 0. The minimum Gasteiger partial charge on any atom is -0.380 e. The molecule has 0 aliphatic heterocycles. The molecule has 5 rings (SSSR count). The van der Waals surface area contributed by atoms with E-state index in [9.17, 15) is 24.6 Å². The summed E-state index contributed by atoms with van der Waals surface area (Å²) in [7, 11) is 0. The molecule has 0 aromatic heterocycles. The Kier molecular flexibility index (Phi) is 11.9. The highest BCUT2D eigenvalue weighted by Gasteiger charge is 2.19. The lowest BCUT2D eigenvalue weighted by molar-refractivity contribution is 0.0743. The van der Waals surface area contributed by atoms with Crippen molar-refractivity contribution < 1.29 is 24.6 Å². The Labute approximate surface area is 234 Å². The molecular formula is C35H30O5. The second kappa shape index (κ2) is 16.1. The molecule has 0 spiro atoms. The fourth-order valence-electron chi connectivity index (χ4n) is 3.63. The quantitative estimate of drug-likeness (QED) is 0.180. The SMILES string of the molecule is O=C(c1ccccc1)C(O)c1ccccc1.O=C(c1ccccc1)C(O)c1ccccc1.O=Cc1ccccc1. The lowest BCUT2D eigenvalue weighted by Gasteiger charge is -2.09. The number of carbonyl (C=O) groups is 3. The third-order valence-electron chi connectivity index (χ3n) is 5.78. The predicted octanol–water partition coefficient (Wildman–Crippen LogP) is 6.70. The number of benzene rings is 5. The zero-order valence-electron chi connectivity index (χ0n) is 21.8. The van der Waals surface area contributed by atoms with E-state index in [2.05, 4.69) is 0 Å². The molecule has 0 aliphatic carbocycles. The fourth-order valence-corrected chi connectivity index (χ4v) is 3.63. The van der Waals surface area contributed by atoms with Crippen molar-refractivity contribution in [2.45, 2.75) is 12.2 Å². The Hall–Kier alpha value is -4.97. The van der Waals surface area contributed by atoms with E-state index in [1.165, 1.54) is 0 Å². The molecule has 5 heteroatoms. The second-order valence-electron chi connectivity index (χ2n) is 8.62. The van der Waals surface area contributed by atoms with Crippen LogP contribution in [0.3, 0.4) is 0 Å². The van der Waals surface area contributed by atoms with Crippen molar-refractivity contribution in [2.75, 3.05) is 0 Å². The average molecular weight is 531 g/mol. The van der Waals surface area contributed by atoms with Gasteiger partial charge in [-0.1, -0.05) is 152 Å². The number of carbonyl (C=O) groups excluding carboxylic acids is 3. The summed E-state index contributed by atoms with van der Waals surface area (Å²) in [5.41, 5.74) is 3.03. The molecule has 200 valence electrons. The molecule has 2 atom stereocenters. The van der Waals surface area contributed by atoms with Crippen molar-refractivity contribution in [2.24, 2.45) is 0 Å². The van der Waals surface area contributed by atoms with Crippen LogP contribution in [0.1, 0.15) is 54.4 Å². The van der Waals surface area contributed by atoms with Crippen LogP contribution < -0.4 is 0 Å². The predicted molar refractivity (Wildman–Crippen MR) is 156 cm³/mol. The van der Waals surface area contributed by atoms with Crippen LogP contribution in [0.15, 0.2) is 152 Å². The second-order valence-corrected chi connectivity index (χ2v) is 8.62. The van der Waals surface area contributed by atoms with Gasteiger partial charge in [0.15, 0.2) is 11.6 Å². The highest BCUT2D eigenvalue weighted by Crippen LogP contribution is 2.18. The Balaban J connectivity index is 0.000000175. The first-order valence-corrected chi connectivity index (χ1v) is 12.7. The van der Waals surface area contributed by atoms with E-state index in [1.54, 1.807) is 109 Å². The minimum absolute atomic E-state index is 0.271. The number of Topliss-reactive ketones (excluding diaryl/α,β-unsaturated/α-hetero) is 2. The van der Waals surface area contributed by atoms with Crippen LogP contribution >= 0.6 is 0 Å². The standard InChI is InChI=1S/2C14H12O2.C7H6O/c2*15-13(11-7-3-1-4-8-11)14(16)12-9-5-2-6-10-12;8-6-7-4-2-1-3-5-7/h2*1-10,13,15H;1-6H. The Morgan fingerprint density at radius 3 is 1.00 bits per heavy atom. The van der Waals surface area contributed by atoms with E-state index in [0.29, 0.717) is 22.3 Å². The van der Waals surface area contributed by atoms with Crippen LogP contribution in [0.4, 0.5) is 0 Å². The Morgan fingerprint density at radius 2 is 0.725 bits per heavy atom. The summed E-state index contributed by atoms with van der Waals surface area (Å²) in [6, 6.07) is 44.6. The van der Waals surface area contributed by atoms with E-state index in [0.717, 1.165) is 11.8 Å². The molecule has 5 aromatic rings. The molecule has 0 aliphatic rings. The first-order valence-electron chi connectivity index (χ1n) is 12.7. The number of aldehydes is 1. The zero-order chi connectivity index (χ0) is 28.6. The number of ketones is 2. The summed E-state index contributed by atoms with van der Waals surface area (Å²) in [6.45, 7) is 0. The van der Waals surface area contributed by atoms with Crippen LogP contribution in [0.25, 0.3) is 0 Å². The maximum absolute atomic E-state index is 11.9. The molecule has 0 heterocycles. The maximum Gasteiger partial charge on any atom is 0.195 e. The number of aliphatic hydroxyl groups is 2. The lowest BCUT2D eigenvalue weighted by Crippen LogP contribution is -2.11. The monoisotopic (exact) mass is 530 g/mol. The van der Waals surface area contributed by atoms with Crippen LogP contribution in [0, 0.1) is 0 Å². The molecule has 0 saturated heterocycles. The van der Waals surface area contributed by atoms with Crippen molar-refractivity contribution in [3.05, 3.63) is 179 Å². The van der Waals surface area contributed by atoms with Gasteiger partial charge in [0.2, 0.25) is 0 Å². The van der Waals surface area contributed by atoms with Crippen LogP contribution in [-0.4, -0.2) is 28.1 Å². The fraction of sp³-hybridized carbons (Fsp3) is 0.0571. The summed E-state index contributed by atoms with van der Waals surface area (Å²) in [4.78, 5) is 33.8. The van der Waals surface area contributed by atoms with Gasteiger partial charge in [0.1, 0.15) is 18.5 Å². The maximum atomic E-state index is 11.9. The first-order chi connectivity index (χ1) is 19.5. The van der Waals surface area contributed by atoms with Gasteiger partial charge < -0.3 is 10.2 Å². The van der Waals surface area contributed by atoms with E-state index < -0.39 is 12.2 Å². The van der Waals surface area contributed by atoms with E-state index in [-0.39, 0.29) is 11.6 Å². The van der Waals surface area contributed by atoms with Gasteiger partial charge in [-0.2, -0.15) is 0 Å². The molecule has 2 unspecified atom stereocenters. The normalized spacial score (nSPS) is 11.3. The third-order valence-corrected chi connectivity index (χ3v) is 5.78. The molecular weight excluding hydrogens is 500 g/mol. The van der Waals surface area contributed by atoms with Crippen molar-refractivity contribution >= 4 is 17.9 Å². The van der Waals surface area contributed by atoms with Gasteiger partial charge in [-0.3, -0.25) is 14.4 Å². The van der Waals surface area contributed by atoms with E-state index in [1.807, 2.05) is 42.5 Å². The van der Waals surface area contributed by atoms with E-state index in [4.69, 9.17) is 0 Å². The summed E-state index contributed by atoms with van der Waals surface area (Å²) in [5.74, 6) is -0.543. The lowest BCUT2D eigenvalue weighted by atomic mass is 10.0. The summed E-state index contributed by atoms with van der Waals surface area (Å²) in [5, 5.41) is 19.8. The molecule has 0 saturated carbocycles. The van der Waals surface area contributed by atoms with Crippen molar-refractivity contribution in [1.82, 2.24) is 0 Å². The summed E-state index contributed by atoms with van der Waals surface area (Å²) >= 11 is 0. The molecule has 40 heavy (non-hydrogen) atoms. The topological polar surface area (TPSA) is 91.7 Å². The van der Waals surface area contributed by atoms with Crippen molar-refractivity contribution in [1.29, 1.82) is 0 Å². The molecule has 5 nitrogen and oxygen atoms in total. The average Bonchev–Trinajstić information content (AvgIpc) is 3.06. The highest BCUT2D eigenvalue weighted by atomic mass is 16.3. The van der Waals surface area contributed by atoms with Gasteiger partial charge in [-0.15, -0.1) is 0 Å². The van der Waals surface area contributed by atoms with E-state index >= 15 is 0 Å². The molecule has 0 bridgehead atoms. The Morgan fingerprint density at radius 1 is 0.450 bits per heavy atom. The third kappa shape index (κ3) is 9.10. The first kappa shape index (κ1) is 29.6. The summed E-state index contributed by atoms with van der Waals surface area (Å²) in [6.07, 6.45) is -1.33. The molecule has 0 radical (unpaired) electrons. The van der Waals surface area contributed by atoms with Crippen LogP contribution in [0.5, 0.6) is 0 Å². The molecule has 2 N–H and O–H groups in total. The van der Waals surface area contributed by atoms with Crippen LogP contribution in [0.2, 0.25) is 0 Å². The molecule has 0 fully saturated rings. The molecule has 0 amide bonds. The van der Waals surface area contributed by atoms with Crippen LogP contribution in [-0.2, 0) is 0 Å². The Bertz CT molecular complexity index is 1350. The highest BCUT2D eigenvalue weighted by molar-refractivity contribution is 6.00. The van der Waals surface area contributed by atoms with Crippen molar-refractivity contribution in [3.8, 4) is 0 Å². The number of hydrogen-bond acceptors (Lipinski definition) is 5. The molecule has 5 aromatic carbocycles. The number of aliphatic hydroxyl groups excluding tert-OH is 2. The number of rotatable bonds is 7. The number of hydrogen-bond donors (Lipinski definition) is 2. The zero-order valence-corrected chi connectivity index (χ0v) is 21.8. The van der Waals surface area contributed by atoms with Gasteiger partial charge in [0, 0.05) is 16.7 Å². The van der Waals surface area contributed by atoms with Gasteiger partial charge in [-0.05, 0) is 11.1 Å².